The van der Waals surface area contributed by atoms with Gasteiger partial charge in [-0.15, -0.1) is 11.3 Å². The predicted molar refractivity (Wildman–Crippen MR) is 101 cm³/mol. The van der Waals surface area contributed by atoms with E-state index in [4.69, 9.17) is 4.98 Å². The minimum absolute atomic E-state index is 0.0459. The van der Waals surface area contributed by atoms with Crippen molar-refractivity contribution >= 4 is 27.5 Å². The molecule has 6 heteroatoms. The van der Waals surface area contributed by atoms with Crippen LogP contribution in [0.5, 0.6) is 0 Å². The summed E-state index contributed by atoms with van der Waals surface area (Å²) in [5.41, 5.74) is 0.700. The molecular formula is C19H26N2O3S. The van der Waals surface area contributed by atoms with Crippen molar-refractivity contribution in [1.29, 1.82) is 0 Å². The van der Waals surface area contributed by atoms with Crippen molar-refractivity contribution in [3.05, 3.63) is 26.6 Å². The summed E-state index contributed by atoms with van der Waals surface area (Å²) in [6, 6.07) is 0. The lowest BCUT2D eigenvalue weighted by Gasteiger charge is -2.19. The maximum absolute atomic E-state index is 13.3. The average molecular weight is 362 g/mol. The summed E-state index contributed by atoms with van der Waals surface area (Å²) < 4.78 is 1.79. The molecule has 1 atom stereocenters. The molecule has 1 aliphatic rings. The van der Waals surface area contributed by atoms with Gasteiger partial charge in [-0.05, 0) is 31.2 Å². The first-order valence-corrected chi connectivity index (χ1v) is 10.1. The number of hydrogen-bond donors (Lipinski definition) is 1. The molecule has 0 saturated heterocycles. The van der Waals surface area contributed by atoms with Crippen molar-refractivity contribution < 1.29 is 9.90 Å². The number of aromatic nitrogens is 2. The number of carboxylic acids is 1. The van der Waals surface area contributed by atoms with Crippen LogP contribution in [0.1, 0.15) is 81.0 Å². The fourth-order valence-corrected chi connectivity index (χ4v) is 5.03. The van der Waals surface area contributed by atoms with Gasteiger partial charge >= 0.3 is 5.97 Å². The highest BCUT2D eigenvalue weighted by molar-refractivity contribution is 7.18. The minimum atomic E-state index is -0.828. The lowest BCUT2D eigenvalue weighted by atomic mass is 9.86. The Labute approximate surface area is 151 Å². The largest absolute Gasteiger partial charge is 0.481 e. The van der Waals surface area contributed by atoms with E-state index in [1.165, 1.54) is 11.3 Å². The number of nitrogens with zero attached hydrogens (tertiary/aromatic N) is 2. The Bertz CT molecular complexity index is 850. The molecule has 5 nitrogen and oxygen atoms in total. The van der Waals surface area contributed by atoms with Crippen LogP contribution >= 0.6 is 11.3 Å². The van der Waals surface area contributed by atoms with Crippen LogP contribution in [0, 0.1) is 0 Å². The van der Waals surface area contributed by atoms with E-state index in [-0.39, 0.29) is 11.5 Å². The fourth-order valence-electron chi connectivity index (χ4n) is 3.76. The molecule has 25 heavy (non-hydrogen) atoms. The molecule has 0 aliphatic heterocycles. The quantitative estimate of drug-likeness (QED) is 0.779. The van der Waals surface area contributed by atoms with Gasteiger partial charge in [0.1, 0.15) is 10.7 Å². The van der Waals surface area contributed by atoms with E-state index >= 15 is 0 Å². The highest BCUT2D eigenvalue weighted by Gasteiger charge is 2.32. The summed E-state index contributed by atoms with van der Waals surface area (Å²) in [6.45, 7) is 6.90. The van der Waals surface area contributed by atoms with Crippen molar-refractivity contribution in [1.82, 2.24) is 9.55 Å². The monoisotopic (exact) mass is 362 g/mol. The van der Waals surface area contributed by atoms with Crippen LogP contribution in [0.15, 0.2) is 4.79 Å². The number of aryl methyl sites for hydroxylation is 1. The minimum Gasteiger partial charge on any atom is -0.481 e. The number of fused-ring (bicyclic) bond motifs is 3. The molecule has 136 valence electrons. The van der Waals surface area contributed by atoms with Gasteiger partial charge in [-0.1, -0.05) is 33.6 Å². The first-order chi connectivity index (χ1) is 12.0. The normalized spacial score (nSPS) is 17.2. The second kappa shape index (κ2) is 7.28. The first kappa shape index (κ1) is 18.1. The van der Waals surface area contributed by atoms with Crippen molar-refractivity contribution in [3.8, 4) is 0 Å². The Morgan fingerprint density at radius 3 is 2.80 bits per heavy atom. The SMILES string of the molecule is CCCCCn1c(C(C)C)nc2sc3c(c2c1=O)C(C(=O)O)CCC3. The molecule has 3 rings (SSSR count). The van der Waals surface area contributed by atoms with Crippen LogP contribution in [-0.4, -0.2) is 20.6 Å². The fraction of sp³-hybridized carbons (Fsp3) is 0.632. The number of hydrogen-bond acceptors (Lipinski definition) is 4. The number of thiophene rings is 1. The van der Waals surface area contributed by atoms with Crippen LogP contribution < -0.4 is 5.56 Å². The molecule has 1 N–H and O–H groups in total. The van der Waals surface area contributed by atoms with Crippen molar-refractivity contribution in [3.63, 3.8) is 0 Å². The zero-order valence-corrected chi connectivity index (χ0v) is 16.0. The third-order valence-electron chi connectivity index (χ3n) is 5.00. The van der Waals surface area contributed by atoms with Crippen LogP contribution in [0.3, 0.4) is 0 Å². The zero-order valence-electron chi connectivity index (χ0n) is 15.2. The molecule has 0 spiro atoms. The van der Waals surface area contributed by atoms with Gasteiger partial charge in [-0.2, -0.15) is 0 Å². The molecule has 0 bridgehead atoms. The molecular weight excluding hydrogens is 336 g/mol. The molecule has 0 saturated carbocycles. The molecule has 0 fully saturated rings. The number of carbonyl (C=O) groups is 1. The molecule has 1 unspecified atom stereocenters. The molecule has 1 aliphatic carbocycles. The maximum atomic E-state index is 13.3. The van der Waals surface area contributed by atoms with Gasteiger partial charge in [0, 0.05) is 17.3 Å². The summed E-state index contributed by atoms with van der Waals surface area (Å²) in [4.78, 5) is 31.6. The summed E-state index contributed by atoms with van der Waals surface area (Å²) in [5, 5.41) is 10.2. The Morgan fingerprint density at radius 1 is 1.40 bits per heavy atom. The van der Waals surface area contributed by atoms with Crippen LogP contribution in [-0.2, 0) is 17.8 Å². The highest BCUT2D eigenvalue weighted by atomic mass is 32.1. The van der Waals surface area contributed by atoms with E-state index < -0.39 is 11.9 Å². The molecule has 2 aromatic rings. The summed E-state index contributed by atoms with van der Waals surface area (Å²) >= 11 is 1.52. The van der Waals surface area contributed by atoms with Gasteiger partial charge in [-0.3, -0.25) is 14.2 Å². The van der Waals surface area contributed by atoms with Crippen LogP contribution in [0.2, 0.25) is 0 Å². The molecule has 2 aromatic heterocycles. The van der Waals surface area contributed by atoms with Gasteiger partial charge in [0.05, 0.1) is 11.3 Å². The van der Waals surface area contributed by atoms with E-state index in [1.807, 2.05) is 0 Å². The van der Waals surface area contributed by atoms with Crippen LogP contribution in [0.25, 0.3) is 10.2 Å². The van der Waals surface area contributed by atoms with Gasteiger partial charge in [0.2, 0.25) is 0 Å². The van der Waals surface area contributed by atoms with E-state index in [9.17, 15) is 14.7 Å². The zero-order chi connectivity index (χ0) is 18.1. The number of rotatable bonds is 6. The highest BCUT2D eigenvalue weighted by Crippen LogP contribution is 2.41. The van der Waals surface area contributed by atoms with Crippen molar-refractivity contribution in [2.24, 2.45) is 0 Å². The summed E-state index contributed by atoms with van der Waals surface area (Å²) in [6.07, 6.45) is 5.43. The van der Waals surface area contributed by atoms with E-state index in [2.05, 4.69) is 20.8 Å². The van der Waals surface area contributed by atoms with Gasteiger partial charge in [-0.25, -0.2) is 4.98 Å². The Kier molecular flexibility index (Phi) is 5.27. The summed E-state index contributed by atoms with van der Waals surface area (Å²) in [5.74, 6) is -0.418. The molecule has 0 aromatic carbocycles. The van der Waals surface area contributed by atoms with E-state index in [1.54, 1.807) is 4.57 Å². The Balaban J connectivity index is 2.23. The third kappa shape index (κ3) is 3.24. The van der Waals surface area contributed by atoms with Crippen molar-refractivity contribution in [2.75, 3.05) is 0 Å². The number of aliphatic carboxylic acids is 1. The second-order valence-corrected chi connectivity index (χ2v) is 8.27. The topological polar surface area (TPSA) is 72.2 Å². The standard InChI is InChI=1S/C19H26N2O3S/c1-4-5-6-10-21-16(11(2)3)20-17-15(18(21)22)14-12(19(23)24)8-7-9-13(14)25-17/h11-12H,4-10H2,1-3H3,(H,23,24). The van der Waals surface area contributed by atoms with Gasteiger partial charge in [0.25, 0.3) is 5.56 Å². The lowest BCUT2D eigenvalue weighted by molar-refractivity contribution is -0.139. The Morgan fingerprint density at radius 2 is 2.16 bits per heavy atom. The molecule has 2 heterocycles. The van der Waals surface area contributed by atoms with E-state index in [0.717, 1.165) is 53.2 Å². The Hall–Kier alpha value is -1.69. The van der Waals surface area contributed by atoms with Crippen LogP contribution in [0.4, 0.5) is 0 Å². The summed E-state index contributed by atoms with van der Waals surface area (Å²) in [7, 11) is 0. The lowest BCUT2D eigenvalue weighted by Crippen LogP contribution is -2.27. The first-order valence-electron chi connectivity index (χ1n) is 9.24. The van der Waals surface area contributed by atoms with Crippen molar-refractivity contribution in [2.45, 2.75) is 77.7 Å². The van der Waals surface area contributed by atoms with E-state index in [0.29, 0.717) is 18.4 Å². The molecule has 0 amide bonds. The van der Waals surface area contributed by atoms with Gasteiger partial charge < -0.3 is 5.11 Å². The number of carboxylic acid groups (broad SMARTS) is 1. The third-order valence-corrected chi connectivity index (χ3v) is 6.16. The number of unbranched alkanes of at least 4 members (excludes halogenated alkanes) is 2. The smallest absolute Gasteiger partial charge is 0.311 e. The maximum Gasteiger partial charge on any atom is 0.311 e. The predicted octanol–water partition coefficient (Wildman–Crippen LogP) is 4.28. The van der Waals surface area contributed by atoms with Gasteiger partial charge in [0.15, 0.2) is 0 Å². The molecule has 0 radical (unpaired) electrons. The average Bonchev–Trinajstić information content (AvgIpc) is 2.95. The second-order valence-electron chi connectivity index (χ2n) is 7.19.